The van der Waals surface area contributed by atoms with E-state index < -0.39 is 24.4 Å². The van der Waals surface area contributed by atoms with Gasteiger partial charge >= 0.3 is 11.7 Å². The molecule has 2 rings (SSSR count). The van der Waals surface area contributed by atoms with Gasteiger partial charge in [-0.2, -0.15) is 4.73 Å². The smallest absolute Gasteiger partial charge is 0.405 e. The van der Waals surface area contributed by atoms with Gasteiger partial charge in [0.2, 0.25) is 5.91 Å². The number of likely N-dealkylation sites (N-methyl/N-ethyl adjacent to an activating group) is 1. The molecule has 0 fully saturated rings. The van der Waals surface area contributed by atoms with Gasteiger partial charge in [0, 0.05) is 29.4 Å². The largest absolute Gasteiger partial charge is 0.618 e. The van der Waals surface area contributed by atoms with E-state index in [1.807, 2.05) is 6.92 Å². The van der Waals surface area contributed by atoms with Crippen molar-refractivity contribution in [2.75, 3.05) is 25.0 Å². The number of aryl methyl sites for hydroxylation is 1. The third-order valence-electron chi connectivity index (χ3n) is 3.90. The normalized spacial score (nSPS) is 10.2. The molecule has 1 heterocycles. The fourth-order valence-electron chi connectivity index (χ4n) is 2.35. The van der Waals surface area contributed by atoms with Crippen LogP contribution in [0.4, 0.5) is 5.69 Å². The lowest BCUT2D eigenvalue weighted by Crippen LogP contribution is -2.41. The molecule has 0 aliphatic heterocycles. The molecule has 148 valence electrons. The van der Waals surface area contributed by atoms with Gasteiger partial charge in [0.05, 0.1) is 6.54 Å². The summed E-state index contributed by atoms with van der Waals surface area (Å²) >= 11 is 5.93. The molecule has 1 N–H and O–H groups in total. The highest BCUT2D eigenvalue weighted by Gasteiger charge is 2.21. The summed E-state index contributed by atoms with van der Waals surface area (Å²) in [7, 11) is 0. The van der Waals surface area contributed by atoms with Gasteiger partial charge in [-0.05, 0) is 37.6 Å². The van der Waals surface area contributed by atoms with Gasteiger partial charge in [0.1, 0.15) is 0 Å². The molecular weight excluding hydrogens is 386 g/mol. The molecule has 0 saturated carbocycles. The molecule has 0 atom stereocenters. The van der Waals surface area contributed by atoms with Gasteiger partial charge in [-0.1, -0.05) is 17.7 Å². The van der Waals surface area contributed by atoms with Crippen LogP contribution in [0.5, 0.6) is 0 Å². The van der Waals surface area contributed by atoms with E-state index >= 15 is 0 Å². The molecule has 0 aliphatic rings. The summed E-state index contributed by atoms with van der Waals surface area (Å²) in [6.07, 6.45) is 1.15. The molecule has 2 amide bonds. The van der Waals surface area contributed by atoms with Gasteiger partial charge in [-0.25, -0.2) is 4.79 Å². The van der Waals surface area contributed by atoms with E-state index in [-0.39, 0.29) is 18.8 Å². The third-order valence-corrected chi connectivity index (χ3v) is 4.14. The van der Waals surface area contributed by atoms with Crippen LogP contribution >= 0.6 is 11.6 Å². The van der Waals surface area contributed by atoms with Crippen molar-refractivity contribution in [1.82, 2.24) is 4.90 Å². The van der Waals surface area contributed by atoms with E-state index in [2.05, 4.69) is 5.32 Å². The number of carbonyl (C=O) groups excluding carboxylic acids is 3. The van der Waals surface area contributed by atoms with Crippen molar-refractivity contribution >= 4 is 35.1 Å². The maximum atomic E-state index is 12.3. The highest BCUT2D eigenvalue weighted by atomic mass is 35.5. The number of halogens is 1. The lowest BCUT2D eigenvalue weighted by atomic mass is 10.2. The molecule has 8 nitrogen and oxygen atoms in total. The zero-order chi connectivity index (χ0) is 20.7. The summed E-state index contributed by atoms with van der Waals surface area (Å²) in [6.45, 7) is 2.96. The third kappa shape index (κ3) is 5.68. The van der Waals surface area contributed by atoms with Gasteiger partial charge in [0.25, 0.3) is 5.91 Å². The zero-order valence-electron chi connectivity index (χ0n) is 15.5. The fraction of sp³-hybridized carbons (Fsp3) is 0.263. The summed E-state index contributed by atoms with van der Waals surface area (Å²) < 4.78 is 5.24. The minimum absolute atomic E-state index is 0.217. The monoisotopic (exact) mass is 405 g/mol. The van der Waals surface area contributed by atoms with Crippen LogP contribution in [0, 0.1) is 12.1 Å². The van der Waals surface area contributed by atoms with E-state index in [9.17, 15) is 19.6 Å². The summed E-state index contributed by atoms with van der Waals surface area (Å²) in [5, 5.41) is 14.7. The van der Waals surface area contributed by atoms with Crippen molar-refractivity contribution in [1.29, 1.82) is 0 Å². The molecule has 0 unspecified atom stereocenters. The number of carbonyl (C=O) groups is 3. The van der Waals surface area contributed by atoms with E-state index in [0.717, 1.165) is 11.8 Å². The van der Waals surface area contributed by atoms with Gasteiger partial charge in [-0.15, -0.1) is 0 Å². The first kappa shape index (κ1) is 21.2. The molecule has 9 heteroatoms. The number of esters is 1. The van der Waals surface area contributed by atoms with Crippen LogP contribution < -0.4 is 10.0 Å². The number of amides is 2. The number of benzene rings is 1. The molecule has 28 heavy (non-hydrogen) atoms. The van der Waals surface area contributed by atoms with Crippen molar-refractivity contribution in [3.63, 3.8) is 0 Å². The molecule has 1 aromatic heterocycles. The van der Waals surface area contributed by atoms with Crippen LogP contribution in [-0.4, -0.2) is 42.4 Å². The Kier molecular flexibility index (Phi) is 7.34. The first-order valence-corrected chi connectivity index (χ1v) is 8.88. The molecule has 0 bridgehead atoms. The SMILES string of the molecule is CCN(CC(=O)Nc1cc(Cl)ccc1C)C(=O)COC(=O)c1cccc[n+]1[O-]. The average Bonchev–Trinajstić information content (AvgIpc) is 2.67. The molecule has 1 aromatic carbocycles. The number of aromatic nitrogens is 1. The number of ether oxygens (including phenoxy) is 1. The molecule has 2 aromatic rings. The van der Waals surface area contributed by atoms with Crippen LogP contribution in [0.3, 0.4) is 0 Å². The molecular formula is C19H20ClN3O5. The number of hydrogen-bond donors (Lipinski definition) is 1. The van der Waals surface area contributed by atoms with E-state index in [1.54, 1.807) is 25.1 Å². The van der Waals surface area contributed by atoms with Crippen LogP contribution in [-0.2, 0) is 14.3 Å². The second-order valence-electron chi connectivity index (χ2n) is 5.90. The van der Waals surface area contributed by atoms with Gasteiger partial charge in [0.15, 0.2) is 12.8 Å². The number of hydrogen-bond acceptors (Lipinski definition) is 5. The first-order valence-electron chi connectivity index (χ1n) is 8.51. The molecule has 0 saturated heterocycles. The summed E-state index contributed by atoms with van der Waals surface area (Å²) in [6, 6.07) is 9.36. The minimum atomic E-state index is -0.918. The zero-order valence-corrected chi connectivity index (χ0v) is 16.2. The maximum absolute atomic E-state index is 12.3. The number of nitrogens with zero attached hydrogens (tertiary/aromatic N) is 2. The van der Waals surface area contributed by atoms with E-state index in [0.29, 0.717) is 15.4 Å². The molecule has 0 aliphatic carbocycles. The van der Waals surface area contributed by atoms with Crippen LogP contribution in [0.25, 0.3) is 0 Å². The fourth-order valence-corrected chi connectivity index (χ4v) is 2.52. The Balaban J connectivity index is 1.92. The highest BCUT2D eigenvalue weighted by molar-refractivity contribution is 6.31. The Morgan fingerprint density at radius 1 is 1.25 bits per heavy atom. The topological polar surface area (TPSA) is 103 Å². The Morgan fingerprint density at radius 2 is 2.00 bits per heavy atom. The van der Waals surface area contributed by atoms with E-state index in [4.69, 9.17) is 16.3 Å². The molecule has 0 spiro atoms. The summed E-state index contributed by atoms with van der Waals surface area (Å²) in [4.78, 5) is 37.7. The highest BCUT2D eigenvalue weighted by Crippen LogP contribution is 2.20. The average molecular weight is 406 g/mol. The standard InChI is InChI=1S/C19H20ClN3O5/c1-3-22(11-17(24)21-15-10-14(20)8-7-13(15)2)18(25)12-28-19(26)16-6-4-5-9-23(16)27/h4-10H,3,11-12H2,1-2H3,(H,21,24). The van der Waals surface area contributed by atoms with E-state index in [1.165, 1.54) is 23.1 Å². The number of anilines is 1. The number of pyridine rings is 1. The Bertz CT molecular complexity index is 888. The Labute approximate surface area is 167 Å². The van der Waals surface area contributed by atoms with Gasteiger partial charge < -0.3 is 20.2 Å². The molecule has 0 radical (unpaired) electrons. The number of nitrogens with one attached hydrogen (secondary N) is 1. The van der Waals surface area contributed by atoms with Crippen LogP contribution in [0.1, 0.15) is 23.0 Å². The Hall–Kier alpha value is -3.13. The summed E-state index contributed by atoms with van der Waals surface area (Å²) in [5.41, 5.74) is 1.15. The summed E-state index contributed by atoms with van der Waals surface area (Å²) in [5.74, 6) is -1.88. The quantitative estimate of drug-likeness (QED) is 0.430. The second kappa shape index (κ2) is 9.70. The predicted molar refractivity (Wildman–Crippen MR) is 103 cm³/mol. The lowest BCUT2D eigenvalue weighted by Gasteiger charge is -2.20. The second-order valence-corrected chi connectivity index (χ2v) is 6.34. The van der Waals surface area contributed by atoms with Crippen molar-refractivity contribution in [3.8, 4) is 0 Å². The van der Waals surface area contributed by atoms with Crippen molar-refractivity contribution in [2.24, 2.45) is 0 Å². The van der Waals surface area contributed by atoms with Crippen molar-refractivity contribution < 1.29 is 23.9 Å². The van der Waals surface area contributed by atoms with Crippen LogP contribution in [0.15, 0.2) is 42.6 Å². The number of rotatable bonds is 7. The minimum Gasteiger partial charge on any atom is -0.618 e. The Morgan fingerprint density at radius 3 is 2.68 bits per heavy atom. The van der Waals surface area contributed by atoms with Gasteiger partial charge in [-0.3, -0.25) is 9.59 Å². The predicted octanol–water partition coefficient (Wildman–Crippen LogP) is 1.93. The first-order chi connectivity index (χ1) is 13.3. The lowest BCUT2D eigenvalue weighted by molar-refractivity contribution is -0.608. The maximum Gasteiger partial charge on any atom is 0.405 e. The van der Waals surface area contributed by atoms with Crippen molar-refractivity contribution in [3.05, 3.63) is 64.1 Å². The van der Waals surface area contributed by atoms with Crippen LogP contribution in [0.2, 0.25) is 5.02 Å². The van der Waals surface area contributed by atoms with Crippen molar-refractivity contribution in [2.45, 2.75) is 13.8 Å².